The maximum absolute atomic E-state index is 8.33. The molecule has 1 aliphatic carbocycles. The molecule has 0 aromatic carbocycles. The van der Waals surface area contributed by atoms with E-state index in [1.807, 2.05) is 6.19 Å². The molecule has 0 amide bonds. The average molecular weight is 124 g/mol. The van der Waals surface area contributed by atoms with Gasteiger partial charge in [-0.05, 0) is 19.8 Å². The van der Waals surface area contributed by atoms with Crippen LogP contribution < -0.4 is 5.32 Å². The SMILES string of the molecule is CC1(NC#N)CCCC1. The van der Waals surface area contributed by atoms with Crippen LogP contribution in [-0.2, 0) is 0 Å². The quantitative estimate of drug-likeness (QED) is 0.423. The highest BCUT2D eigenvalue weighted by atomic mass is 15.0. The van der Waals surface area contributed by atoms with Crippen molar-refractivity contribution in [3.8, 4) is 6.19 Å². The van der Waals surface area contributed by atoms with Gasteiger partial charge in [0.1, 0.15) is 0 Å². The Hall–Kier alpha value is -0.710. The molecule has 0 heterocycles. The Labute approximate surface area is 55.9 Å². The monoisotopic (exact) mass is 124 g/mol. The van der Waals surface area contributed by atoms with Crippen LogP contribution in [0.3, 0.4) is 0 Å². The highest BCUT2D eigenvalue weighted by Crippen LogP contribution is 2.28. The molecule has 0 unspecified atom stereocenters. The summed E-state index contributed by atoms with van der Waals surface area (Å²) in [5.41, 5.74) is 0.134. The minimum absolute atomic E-state index is 0.134. The van der Waals surface area contributed by atoms with Crippen LogP contribution in [0.5, 0.6) is 0 Å². The van der Waals surface area contributed by atoms with Gasteiger partial charge >= 0.3 is 0 Å². The fraction of sp³-hybridized carbons (Fsp3) is 0.857. The van der Waals surface area contributed by atoms with Gasteiger partial charge in [-0.15, -0.1) is 0 Å². The van der Waals surface area contributed by atoms with Crippen LogP contribution in [0.15, 0.2) is 0 Å². The van der Waals surface area contributed by atoms with Gasteiger partial charge in [-0.25, -0.2) is 0 Å². The summed E-state index contributed by atoms with van der Waals surface area (Å²) in [6.45, 7) is 2.11. The Morgan fingerprint density at radius 3 is 2.44 bits per heavy atom. The van der Waals surface area contributed by atoms with Gasteiger partial charge in [0.15, 0.2) is 6.19 Å². The standard InChI is InChI=1S/C7H12N2/c1-7(9-6-8)4-2-3-5-7/h9H,2-5H2,1H3. The molecule has 1 aliphatic rings. The first-order valence-corrected chi connectivity index (χ1v) is 3.43. The molecule has 2 nitrogen and oxygen atoms in total. The minimum atomic E-state index is 0.134. The zero-order valence-electron chi connectivity index (χ0n) is 5.78. The molecular formula is C7H12N2. The fourth-order valence-electron chi connectivity index (χ4n) is 1.42. The van der Waals surface area contributed by atoms with Crippen LogP contribution in [-0.4, -0.2) is 5.54 Å². The number of nitrogens with zero attached hydrogens (tertiary/aromatic N) is 1. The van der Waals surface area contributed by atoms with Crippen LogP contribution in [0.2, 0.25) is 0 Å². The number of rotatable bonds is 1. The normalized spacial score (nSPS) is 23.1. The summed E-state index contributed by atoms with van der Waals surface area (Å²) in [6.07, 6.45) is 6.84. The molecule has 1 fully saturated rings. The van der Waals surface area contributed by atoms with E-state index in [1.54, 1.807) is 0 Å². The highest BCUT2D eigenvalue weighted by Gasteiger charge is 2.27. The van der Waals surface area contributed by atoms with E-state index >= 15 is 0 Å². The molecule has 1 saturated carbocycles. The van der Waals surface area contributed by atoms with Gasteiger partial charge < -0.3 is 5.32 Å². The summed E-state index contributed by atoms with van der Waals surface area (Å²) in [7, 11) is 0. The number of nitriles is 1. The Kier molecular flexibility index (Phi) is 1.61. The van der Waals surface area contributed by atoms with Crippen molar-refractivity contribution in [2.45, 2.75) is 38.1 Å². The first kappa shape index (κ1) is 6.41. The van der Waals surface area contributed by atoms with Gasteiger partial charge in [-0.1, -0.05) is 12.8 Å². The molecule has 0 bridgehead atoms. The summed E-state index contributed by atoms with van der Waals surface area (Å²) in [4.78, 5) is 0. The summed E-state index contributed by atoms with van der Waals surface area (Å²) in [5.74, 6) is 0. The van der Waals surface area contributed by atoms with Crippen molar-refractivity contribution >= 4 is 0 Å². The molecule has 0 radical (unpaired) electrons. The van der Waals surface area contributed by atoms with E-state index in [-0.39, 0.29) is 5.54 Å². The van der Waals surface area contributed by atoms with Crippen LogP contribution in [0.4, 0.5) is 0 Å². The minimum Gasteiger partial charge on any atom is -0.318 e. The van der Waals surface area contributed by atoms with E-state index in [0.717, 1.165) is 12.8 Å². The Morgan fingerprint density at radius 1 is 1.44 bits per heavy atom. The van der Waals surface area contributed by atoms with E-state index in [1.165, 1.54) is 12.8 Å². The van der Waals surface area contributed by atoms with Gasteiger partial charge in [0.2, 0.25) is 0 Å². The van der Waals surface area contributed by atoms with Crippen molar-refractivity contribution in [2.75, 3.05) is 0 Å². The predicted octanol–water partition coefficient (Wildman–Crippen LogP) is 1.39. The zero-order valence-corrected chi connectivity index (χ0v) is 5.78. The van der Waals surface area contributed by atoms with E-state index in [2.05, 4.69) is 12.2 Å². The van der Waals surface area contributed by atoms with Crippen molar-refractivity contribution < 1.29 is 0 Å². The molecule has 0 spiro atoms. The second-order valence-corrected chi connectivity index (χ2v) is 3.00. The average Bonchev–Trinajstić information content (AvgIpc) is 2.16. The van der Waals surface area contributed by atoms with Crippen LogP contribution in [0.25, 0.3) is 0 Å². The second-order valence-electron chi connectivity index (χ2n) is 3.00. The number of nitrogens with one attached hydrogen (secondary N) is 1. The van der Waals surface area contributed by atoms with Gasteiger partial charge in [0.05, 0.1) is 0 Å². The molecule has 50 valence electrons. The molecule has 0 aliphatic heterocycles. The maximum Gasteiger partial charge on any atom is 0.177 e. The van der Waals surface area contributed by atoms with Gasteiger partial charge in [0, 0.05) is 5.54 Å². The van der Waals surface area contributed by atoms with Crippen LogP contribution >= 0.6 is 0 Å². The molecule has 1 N–H and O–H groups in total. The Morgan fingerprint density at radius 2 is 2.00 bits per heavy atom. The third-order valence-electron chi connectivity index (χ3n) is 2.06. The van der Waals surface area contributed by atoms with Gasteiger partial charge in [0.25, 0.3) is 0 Å². The lowest BCUT2D eigenvalue weighted by atomic mass is 10.0. The van der Waals surface area contributed by atoms with Crippen molar-refractivity contribution in [1.82, 2.24) is 5.32 Å². The third kappa shape index (κ3) is 1.35. The van der Waals surface area contributed by atoms with Crippen molar-refractivity contribution in [3.05, 3.63) is 0 Å². The van der Waals surface area contributed by atoms with Gasteiger partial charge in [-0.2, -0.15) is 5.26 Å². The van der Waals surface area contributed by atoms with Crippen LogP contribution in [0.1, 0.15) is 32.6 Å². The second kappa shape index (κ2) is 2.26. The summed E-state index contributed by atoms with van der Waals surface area (Å²) in [6, 6.07) is 0. The fourth-order valence-corrected chi connectivity index (χ4v) is 1.42. The smallest absolute Gasteiger partial charge is 0.177 e. The molecule has 9 heavy (non-hydrogen) atoms. The van der Waals surface area contributed by atoms with E-state index in [4.69, 9.17) is 5.26 Å². The van der Waals surface area contributed by atoms with Gasteiger partial charge in [-0.3, -0.25) is 0 Å². The van der Waals surface area contributed by atoms with E-state index in [0.29, 0.717) is 0 Å². The van der Waals surface area contributed by atoms with E-state index < -0.39 is 0 Å². The van der Waals surface area contributed by atoms with E-state index in [9.17, 15) is 0 Å². The summed E-state index contributed by atoms with van der Waals surface area (Å²) >= 11 is 0. The maximum atomic E-state index is 8.33. The third-order valence-corrected chi connectivity index (χ3v) is 2.06. The van der Waals surface area contributed by atoms with Crippen LogP contribution in [0, 0.1) is 11.5 Å². The first-order valence-electron chi connectivity index (χ1n) is 3.43. The first-order chi connectivity index (χ1) is 4.27. The highest BCUT2D eigenvalue weighted by molar-refractivity contribution is 4.92. The Bertz CT molecular complexity index is 128. The van der Waals surface area contributed by atoms with Crippen molar-refractivity contribution in [2.24, 2.45) is 0 Å². The molecular weight excluding hydrogens is 112 g/mol. The summed E-state index contributed by atoms with van der Waals surface area (Å²) in [5, 5.41) is 11.2. The van der Waals surface area contributed by atoms with Crippen molar-refractivity contribution in [1.29, 1.82) is 5.26 Å². The van der Waals surface area contributed by atoms with Crippen molar-refractivity contribution in [3.63, 3.8) is 0 Å². The number of hydrogen-bond acceptors (Lipinski definition) is 2. The zero-order chi connectivity index (χ0) is 6.74. The topological polar surface area (TPSA) is 35.8 Å². The molecule has 0 saturated heterocycles. The molecule has 2 heteroatoms. The largest absolute Gasteiger partial charge is 0.318 e. The lowest BCUT2D eigenvalue weighted by Gasteiger charge is -2.20. The summed E-state index contributed by atoms with van der Waals surface area (Å²) < 4.78 is 0. The predicted molar refractivity (Wildman–Crippen MR) is 35.6 cm³/mol. The molecule has 0 aromatic rings. The lowest BCUT2D eigenvalue weighted by molar-refractivity contribution is 0.421. The molecule has 1 rings (SSSR count). The molecule has 0 atom stereocenters. The lowest BCUT2D eigenvalue weighted by Crippen LogP contribution is -2.35. The Balaban J connectivity index is 2.43. The number of hydrogen-bond donors (Lipinski definition) is 1. The molecule has 0 aromatic heterocycles.